The van der Waals surface area contributed by atoms with Crippen LogP contribution in [-0.2, 0) is 4.79 Å². The third-order valence-corrected chi connectivity index (χ3v) is 2.05. The van der Waals surface area contributed by atoms with Crippen LogP contribution in [0.5, 0.6) is 0 Å². The molecule has 84 valence electrons. The van der Waals surface area contributed by atoms with E-state index in [-0.39, 0.29) is 23.9 Å². The van der Waals surface area contributed by atoms with Gasteiger partial charge in [-0.05, 0) is 19.3 Å². The summed E-state index contributed by atoms with van der Waals surface area (Å²) in [6.07, 6.45) is 10.1. The van der Waals surface area contributed by atoms with Gasteiger partial charge in [-0.15, -0.1) is 6.58 Å². The average molecular weight is 307 g/mol. The van der Waals surface area contributed by atoms with Gasteiger partial charge in [-0.25, -0.2) is 0 Å². The standard InChI is InChI=1S/C11H20O2.Sn.4H/c1-2-3-4-5-6-7-8-9-10-11(12)13;;;;;/h2H,1,3-10H2,(H,12,13);;;;;. The molecule has 0 saturated heterocycles. The summed E-state index contributed by atoms with van der Waals surface area (Å²) in [6.45, 7) is 3.66. The molecule has 0 aliphatic carbocycles. The number of carbonyl (C=O) groups is 1. The molecule has 0 rings (SSSR count). The first kappa shape index (κ1) is 16.4. The summed E-state index contributed by atoms with van der Waals surface area (Å²) in [7, 11) is 0. The molecule has 0 aliphatic rings. The van der Waals surface area contributed by atoms with Crippen molar-refractivity contribution >= 4 is 29.9 Å². The molecule has 0 fully saturated rings. The first-order valence-corrected chi connectivity index (χ1v) is 5.10. The maximum absolute atomic E-state index is 10.2. The molecule has 0 amide bonds. The molecular formula is C11H24O2Sn. The summed E-state index contributed by atoms with van der Waals surface area (Å²) in [4.78, 5) is 10.2. The Balaban J connectivity index is 0. The number of allylic oxidation sites excluding steroid dienone is 1. The zero-order chi connectivity index (χ0) is 9.94. The number of aliphatic carboxylic acids is 1. The normalized spacial score (nSPS) is 9.14. The predicted octanol–water partition coefficient (Wildman–Crippen LogP) is 1.93. The van der Waals surface area contributed by atoms with Crippen LogP contribution in [0.4, 0.5) is 0 Å². The summed E-state index contributed by atoms with van der Waals surface area (Å²) >= 11 is 0. The number of hydrogen-bond donors (Lipinski definition) is 1. The molecule has 2 nitrogen and oxygen atoms in total. The molecule has 0 unspecified atom stereocenters. The number of carboxylic acid groups (broad SMARTS) is 1. The van der Waals surface area contributed by atoms with Gasteiger partial charge >= 0.3 is 29.9 Å². The van der Waals surface area contributed by atoms with E-state index < -0.39 is 5.97 Å². The van der Waals surface area contributed by atoms with Crippen LogP contribution < -0.4 is 0 Å². The van der Waals surface area contributed by atoms with Gasteiger partial charge in [0.05, 0.1) is 0 Å². The summed E-state index contributed by atoms with van der Waals surface area (Å²) in [5.74, 6) is -0.674. The monoisotopic (exact) mass is 308 g/mol. The summed E-state index contributed by atoms with van der Waals surface area (Å²) in [5.41, 5.74) is 0. The molecule has 0 aromatic heterocycles. The fourth-order valence-electron chi connectivity index (χ4n) is 1.27. The topological polar surface area (TPSA) is 37.3 Å². The summed E-state index contributed by atoms with van der Waals surface area (Å²) < 4.78 is 0. The molecule has 3 heteroatoms. The van der Waals surface area contributed by atoms with Crippen molar-refractivity contribution in [3.05, 3.63) is 12.7 Å². The van der Waals surface area contributed by atoms with Crippen LogP contribution in [0.2, 0.25) is 0 Å². The van der Waals surface area contributed by atoms with Crippen LogP contribution in [0.3, 0.4) is 0 Å². The summed E-state index contributed by atoms with van der Waals surface area (Å²) in [6, 6.07) is 0. The van der Waals surface area contributed by atoms with E-state index in [9.17, 15) is 4.79 Å². The van der Waals surface area contributed by atoms with Gasteiger partial charge in [-0.3, -0.25) is 4.79 Å². The van der Waals surface area contributed by atoms with E-state index in [1.54, 1.807) is 0 Å². The first-order chi connectivity index (χ1) is 6.27. The van der Waals surface area contributed by atoms with Gasteiger partial charge in [0.2, 0.25) is 0 Å². The van der Waals surface area contributed by atoms with E-state index in [1.165, 1.54) is 25.7 Å². The third kappa shape index (κ3) is 14.5. The van der Waals surface area contributed by atoms with Crippen molar-refractivity contribution in [2.45, 2.75) is 51.4 Å². The van der Waals surface area contributed by atoms with Crippen LogP contribution in [0.15, 0.2) is 12.7 Å². The van der Waals surface area contributed by atoms with Crippen LogP contribution >= 0.6 is 0 Å². The zero-order valence-electron chi connectivity index (χ0n) is 8.30. The number of unbranched alkanes of at least 4 members (excludes halogenated alkanes) is 6. The van der Waals surface area contributed by atoms with Crippen molar-refractivity contribution in [3.8, 4) is 0 Å². The second-order valence-corrected chi connectivity index (χ2v) is 3.34. The van der Waals surface area contributed by atoms with E-state index in [1.807, 2.05) is 6.08 Å². The second-order valence-electron chi connectivity index (χ2n) is 3.34. The Bertz CT molecular complexity index is 146. The van der Waals surface area contributed by atoms with Gasteiger partial charge < -0.3 is 5.11 Å². The zero-order valence-corrected chi connectivity index (χ0v) is 8.30. The minimum atomic E-state index is -0.674. The van der Waals surface area contributed by atoms with E-state index in [0.717, 1.165) is 19.3 Å². The second kappa shape index (κ2) is 13.0. The number of carboxylic acids is 1. The van der Waals surface area contributed by atoms with Gasteiger partial charge in [-0.2, -0.15) is 0 Å². The van der Waals surface area contributed by atoms with Crippen molar-refractivity contribution in [1.29, 1.82) is 0 Å². The van der Waals surface area contributed by atoms with Gasteiger partial charge in [0.25, 0.3) is 0 Å². The molecule has 0 spiro atoms. The van der Waals surface area contributed by atoms with E-state index in [4.69, 9.17) is 5.11 Å². The number of hydrogen-bond acceptors (Lipinski definition) is 1. The Labute approximate surface area is 104 Å². The van der Waals surface area contributed by atoms with Gasteiger partial charge in [0.1, 0.15) is 0 Å². The van der Waals surface area contributed by atoms with Crippen LogP contribution in [-0.4, -0.2) is 35.0 Å². The summed E-state index contributed by atoms with van der Waals surface area (Å²) in [5, 5.41) is 8.38. The molecular weight excluding hydrogens is 283 g/mol. The van der Waals surface area contributed by atoms with Crippen molar-refractivity contribution in [2.75, 3.05) is 0 Å². The molecule has 0 aliphatic heterocycles. The van der Waals surface area contributed by atoms with Gasteiger partial charge in [0, 0.05) is 6.42 Å². The Morgan fingerprint density at radius 1 is 1.07 bits per heavy atom. The molecule has 0 radical (unpaired) electrons. The van der Waals surface area contributed by atoms with Crippen LogP contribution in [0, 0.1) is 0 Å². The van der Waals surface area contributed by atoms with Gasteiger partial charge in [-0.1, -0.05) is 31.8 Å². The van der Waals surface area contributed by atoms with E-state index in [0.29, 0.717) is 6.42 Å². The Hall–Kier alpha value is 0.00870. The molecule has 0 bridgehead atoms. The molecule has 0 heterocycles. The fraction of sp³-hybridized carbons (Fsp3) is 0.727. The molecule has 1 N–H and O–H groups in total. The third-order valence-electron chi connectivity index (χ3n) is 2.05. The molecule has 0 saturated carbocycles. The Morgan fingerprint density at radius 3 is 2.07 bits per heavy atom. The maximum atomic E-state index is 10.2. The van der Waals surface area contributed by atoms with Crippen molar-refractivity contribution in [3.63, 3.8) is 0 Å². The Morgan fingerprint density at radius 2 is 1.57 bits per heavy atom. The van der Waals surface area contributed by atoms with Gasteiger partial charge in [0.15, 0.2) is 0 Å². The van der Waals surface area contributed by atoms with Crippen molar-refractivity contribution in [1.82, 2.24) is 0 Å². The first-order valence-electron chi connectivity index (χ1n) is 5.10. The van der Waals surface area contributed by atoms with Crippen molar-refractivity contribution < 1.29 is 9.90 Å². The molecule has 0 atom stereocenters. The van der Waals surface area contributed by atoms with Crippen LogP contribution in [0.1, 0.15) is 51.4 Å². The molecule has 14 heavy (non-hydrogen) atoms. The predicted molar refractivity (Wildman–Crippen MR) is 66.1 cm³/mol. The van der Waals surface area contributed by atoms with Crippen molar-refractivity contribution in [2.24, 2.45) is 0 Å². The Kier molecular flexibility index (Phi) is 15.3. The quantitative estimate of drug-likeness (QED) is 0.401. The minimum absolute atomic E-state index is 0. The SMILES string of the molecule is C=CCCCCCCCCC(=O)O.[SnH4]. The fourth-order valence-corrected chi connectivity index (χ4v) is 1.27. The van der Waals surface area contributed by atoms with E-state index in [2.05, 4.69) is 6.58 Å². The van der Waals surface area contributed by atoms with Crippen LogP contribution in [0.25, 0.3) is 0 Å². The molecule has 0 aromatic rings. The average Bonchev–Trinajstić information content (AvgIpc) is 2.09. The number of rotatable bonds is 9. The van der Waals surface area contributed by atoms with E-state index >= 15 is 0 Å². The molecule has 0 aromatic carbocycles.